The first-order valence-corrected chi connectivity index (χ1v) is 11.3. The molecule has 0 aliphatic rings. The quantitative estimate of drug-likeness (QED) is 0.428. The summed E-state index contributed by atoms with van der Waals surface area (Å²) in [5.41, 5.74) is 7.87. The van der Waals surface area contributed by atoms with Crippen LogP contribution in [0.4, 0.5) is 11.4 Å². The molecule has 0 saturated heterocycles. The predicted molar refractivity (Wildman–Crippen MR) is 130 cm³/mol. The Balaban J connectivity index is 0.00000450. The van der Waals surface area contributed by atoms with Crippen molar-refractivity contribution in [1.82, 2.24) is 0 Å². The molecule has 4 heteroatoms. The molecule has 0 radical (unpaired) electrons. The maximum atomic E-state index is 5.03. The fourth-order valence-electron chi connectivity index (χ4n) is 3.84. The van der Waals surface area contributed by atoms with Gasteiger partial charge in [0.2, 0.25) is 0 Å². The molecule has 0 atom stereocenters. The molecular formula is C27H40Li2N2. The standard InChI is InChI=1S/C27H40N2.2Li/c1-18(2)22-12-9-13-23(19(3)4)26(22)28-16-11-17-29-27-24(20(5)6)14-10-15-25(27)21(7)8;;/h9-10,12-15,18-21H,11,16-17H2,1-8H3;;/q-2;2*+1. The van der Waals surface area contributed by atoms with Crippen LogP contribution in [-0.4, -0.2) is 13.1 Å². The van der Waals surface area contributed by atoms with Gasteiger partial charge in [0.05, 0.1) is 0 Å². The summed E-state index contributed by atoms with van der Waals surface area (Å²) < 4.78 is 0. The number of hydrogen-bond acceptors (Lipinski definition) is 0. The molecule has 0 heterocycles. The molecule has 2 rings (SSSR count). The minimum atomic E-state index is 0. The van der Waals surface area contributed by atoms with E-state index >= 15 is 0 Å². The van der Waals surface area contributed by atoms with Crippen LogP contribution in [0.3, 0.4) is 0 Å². The summed E-state index contributed by atoms with van der Waals surface area (Å²) >= 11 is 0. The Hall–Kier alpha value is -0.765. The van der Waals surface area contributed by atoms with Crippen molar-refractivity contribution in [3.63, 3.8) is 0 Å². The van der Waals surface area contributed by atoms with Crippen LogP contribution in [0.25, 0.3) is 10.6 Å². The Morgan fingerprint density at radius 1 is 0.516 bits per heavy atom. The number of benzene rings is 2. The second-order valence-electron chi connectivity index (χ2n) is 9.31. The van der Waals surface area contributed by atoms with Crippen LogP contribution < -0.4 is 37.7 Å². The molecule has 160 valence electrons. The zero-order chi connectivity index (χ0) is 21.6. The van der Waals surface area contributed by atoms with Gasteiger partial charge in [0, 0.05) is 0 Å². The molecule has 2 aromatic carbocycles. The SMILES string of the molecule is CC(C)c1cccc(C(C)C)c1[N-]CCC[N-]c1c(C(C)C)cccc1C(C)C.[Li+].[Li+]. The molecule has 0 aliphatic carbocycles. The smallest absolute Gasteiger partial charge is 0.684 e. The Bertz CT molecular complexity index is 665. The number of nitrogens with zero attached hydrogens (tertiary/aromatic N) is 2. The van der Waals surface area contributed by atoms with Gasteiger partial charge in [-0.25, -0.2) is 0 Å². The average molecular weight is 407 g/mol. The van der Waals surface area contributed by atoms with Crippen molar-refractivity contribution in [3.8, 4) is 0 Å². The minimum absolute atomic E-state index is 0. The summed E-state index contributed by atoms with van der Waals surface area (Å²) in [6, 6.07) is 13.3. The van der Waals surface area contributed by atoms with Crippen molar-refractivity contribution in [2.75, 3.05) is 13.1 Å². The van der Waals surface area contributed by atoms with E-state index in [4.69, 9.17) is 10.6 Å². The average Bonchev–Trinajstić information content (AvgIpc) is 2.66. The summed E-state index contributed by atoms with van der Waals surface area (Å²) in [4.78, 5) is 0. The third kappa shape index (κ3) is 8.26. The van der Waals surface area contributed by atoms with Crippen LogP contribution in [0.2, 0.25) is 0 Å². The van der Waals surface area contributed by atoms with E-state index < -0.39 is 0 Å². The number of hydrogen-bond donors (Lipinski definition) is 0. The molecule has 0 amide bonds. The molecule has 31 heavy (non-hydrogen) atoms. The van der Waals surface area contributed by atoms with Crippen LogP contribution in [0.15, 0.2) is 36.4 Å². The van der Waals surface area contributed by atoms with Crippen LogP contribution in [0.1, 0.15) is 108 Å². The first kappa shape index (κ1) is 30.2. The molecule has 2 aromatic rings. The molecule has 0 aliphatic heterocycles. The monoisotopic (exact) mass is 406 g/mol. The zero-order valence-corrected chi connectivity index (χ0v) is 21.8. The predicted octanol–water partition coefficient (Wildman–Crippen LogP) is 3.29. The molecule has 0 spiro atoms. The molecular weight excluding hydrogens is 366 g/mol. The van der Waals surface area contributed by atoms with E-state index in [0.717, 1.165) is 19.5 Å². The molecule has 0 saturated carbocycles. The second kappa shape index (κ2) is 14.4. The number of rotatable bonds is 10. The maximum absolute atomic E-state index is 5.03. The van der Waals surface area contributed by atoms with Crippen molar-refractivity contribution in [2.24, 2.45) is 0 Å². The van der Waals surface area contributed by atoms with E-state index in [2.05, 4.69) is 91.8 Å². The van der Waals surface area contributed by atoms with E-state index in [1.165, 1.54) is 33.6 Å². The summed E-state index contributed by atoms with van der Waals surface area (Å²) in [6.45, 7) is 19.7. The van der Waals surface area contributed by atoms with Gasteiger partial charge in [0.15, 0.2) is 0 Å². The van der Waals surface area contributed by atoms with E-state index in [1.807, 2.05) is 0 Å². The van der Waals surface area contributed by atoms with Crippen molar-refractivity contribution in [2.45, 2.75) is 85.5 Å². The molecule has 0 N–H and O–H groups in total. The minimum Gasteiger partial charge on any atom is -0.684 e. The summed E-state index contributed by atoms with van der Waals surface area (Å²) in [7, 11) is 0. The fourth-order valence-corrected chi connectivity index (χ4v) is 3.84. The van der Waals surface area contributed by atoms with Gasteiger partial charge in [0.25, 0.3) is 0 Å². The van der Waals surface area contributed by atoms with Crippen LogP contribution in [0.5, 0.6) is 0 Å². The molecule has 0 bridgehead atoms. The first-order chi connectivity index (χ1) is 13.7. The molecule has 0 unspecified atom stereocenters. The second-order valence-corrected chi connectivity index (χ2v) is 9.31. The van der Waals surface area contributed by atoms with Crippen molar-refractivity contribution < 1.29 is 37.7 Å². The van der Waals surface area contributed by atoms with Gasteiger partial charge in [-0.2, -0.15) is 0 Å². The van der Waals surface area contributed by atoms with Gasteiger partial charge < -0.3 is 10.6 Å². The van der Waals surface area contributed by atoms with Gasteiger partial charge in [-0.05, 0) is 23.7 Å². The van der Waals surface area contributed by atoms with E-state index in [1.54, 1.807) is 0 Å². The molecule has 0 fully saturated rings. The Labute approximate surface area is 216 Å². The summed E-state index contributed by atoms with van der Waals surface area (Å²) in [5, 5.41) is 10.1. The third-order valence-electron chi connectivity index (χ3n) is 5.54. The van der Waals surface area contributed by atoms with Gasteiger partial charge in [-0.3, -0.25) is 0 Å². The van der Waals surface area contributed by atoms with Crippen molar-refractivity contribution in [3.05, 3.63) is 69.3 Å². The Kier molecular flexibility index (Phi) is 14.0. The number of para-hydroxylation sites is 2. The van der Waals surface area contributed by atoms with Crippen LogP contribution >= 0.6 is 0 Å². The molecule has 2 nitrogen and oxygen atoms in total. The van der Waals surface area contributed by atoms with E-state index in [-0.39, 0.29) is 37.7 Å². The van der Waals surface area contributed by atoms with E-state index in [0.29, 0.717) is 23.7 Å². The van der Waals surface area contributed by atoms with Crippen molar-refractivity contribution >= 4 is 11.4 Å². The first-order valence-electron chi connectivity index (χ1n) is 11.3. The van der Waals surface area contributed by atoms with Gasteiger partial charge in [-0.15, -0.1) is 24.5 Å². The van der Waals surface area contributed by atoms with Gasteiger partial charge in [0.1, 0.15) is 0 Å². The van der Waals surface area contributed by atoms with Gasteiger partial charge in [-0.1, -0.05) is 120 Å². The van der Waals surface area contributed by atoms with Crippen molar-refractivity contribution in [1.29, 1.82) is 0 Å². The summed E-state index contributed by atoms with van der Waals surface area (Å²) in [6.07, 6.45) is 0.980. The largest absolute Gasteiger partial charge is 1.00 e. The third-order valence-corrected chi connectivity index (χ3v) is 5.54. The normalized spacial score (nSPS) is 11.0. The maximum Gasteiger partial charge on any atom is 1.00 e. The Morgan fingerprint density at radius 2 is 0.774 bits per heavy atom. The van der Waals surface area contributed by atoms with E-state index in [9.17, 15) is 0 Å². The zero-order valence-electron chi connectivity index (χ0n) is 21.8. The van der Waals surface area contributed by atoms with Gasteiger partial charge >= 0.3 is 37.7 Å². The topological polar surface area (TPSA) is 28.2 Å². The van der Waals surface area contributed by atoms with Crippen LogP contribution in [0, 0.1) is 0 Å². The Morgan fingerprint density at radius 3 is 1.00 bits per heavy atom. The fraction of sp³-hybridized carbons (Fsp3) is 0.556. The summed E-state index contributed by atoms with van der Waals surface area (Å²) in [5.74, 6) is 1.96. The molecule has 0 aromatic heterocycles. The van der Waals surface area contributed by atoms with Crippen LogP contribution in [-0.2, 0) is 0 Å².